The molecule has 1 aliphatic rings. The number of rotatable bonds is 1. The Morgan fingerprint density at radius 2 is 2.17 bits per heavy atom. The molecule has 2 rings (SSSR count). The van der Waals surface area contributed by atoms with E-state index in [2.05, 4.69) is 9.88 Å². The van der Waals surface area contributed by atoms with Gasteiger partial charge in [-0.3, -0.25) is 4.79 Å². The Hall–Kier alpha value is -1.20. The third-order valence-corrected chi connectivity index (χ3v) is 3.34. The molecule has 4 nitrogen and oxygen atoms in total. The summed E-state index contributed by atoms with van der Waals surface area (Å²) in [6, 6.07) is 1.15. The third kappa shape index (κ3) is 2.97. The molecule has 1 amide bonds. The van der Waals surface area contributed by atoms with E-state index in [9.17, 15) is 9.18 Å². The number of carbonyl (C=O) groups is 1. The van der Waals surface area contributed by atoms with Crippen LogP contribution in [0.1, 0.15) is 16.8 Å². The van der Waals surface area contributed by atoms with E-state index in [0.717, 1.165) is 31.8 Å². The molecule has 0 atom stereocenters. The molecule has 0 unspecified atom stereocenters. The second-order valence-corrected chi connectivity index (χ2v) is 4.80. The topological polar surface area (TPSA) is 36.4 Å². The second-order valence-electron chi connectivity index (χ2n) is 4.44. The Balaban J connectivity index is 2.17. The van der Waals surface area contributed by atoms with Crippen LogP contribution in [0.4, 0.5) is 4.39 Å². The number of amides is 1. The molecular formula is C12H15ClFN3O. The first-order valence-electron chi connectivity index (χ1n) is 5.87. The monoisotopic (exact) mass is 271 g/mol. The molecule has 0 N–H and O–H groups in total. The Morgan fingerprint density at radius 1 is 1.39 bits per heavy atom. The van der Waals surface area contributed by atoms with E-state index >= 15 is 0 Å². The van der Waals surface area contributed by atoms with Gasteiger partial charge in [-0.25, -0.2) is 9.37 Å². The molecule has 1 fully saturated rings. The predicted octanol–water partition coefficient (Wildman–Crippen LogP) is 1.65. The zero-order valence-electron chi connectivity index (χ0n) is 10.2. The van der Waals surface area contributed by atoms with Crippen molar-refractivity contribution in [2.75, 3.05) is 33.2 Å². The van der Waals surface area contributed by atoms with Gasteiger partial charge < -0.3 is 9.80 Å². The van der Waals surface area contributed by atoms with Crippen LogP contribution in [0, 0.1) is 5.82 Å². The van der Waals surface area contributed by atoms with Gasteiger partial charge in [0.25, 0.3) is 5.91 Å². The average Bonchev–Trinajstić information content (AvgIpc) is 2.56. The van der Waals surface area contributed by atoms with Crippen molar-refractivity contribution >= 4 is 17.5 Å². The molecular weight excluding hydrogens is 257 g/mol. The van der Waals surface area contributed by atoms with Crippen LogP contribution in [0.2, 0.25) is 5.15 Å². The summed E-state index contributed by atoms with van der Waals surface area (Å²) in [7, 11) is 2.02. The summed E-state index contributed by atoms with van der Waals surface area (Å²) in [4.78, 5) is 19.8. The van der Waals surface area contributed by atoms with Gasteiger partial charge in [0.15, 0.2) is 0 Å². The number of likely N-dealkylation sites (N-methyl/N-ethyl adjacent to an activating group) is 1. The lowest BCUT2D eigenvalue weighted by atomic mass is 10.2. The number of hydrogen-bond acceptors (Lipinski definition) is 3. The third-order valence-electron chi connectivity index (χ3n) is 3.04. The molecule has 1 aromatic rings. The van der Waals surface area contributed by atoms with E-state index in [-0.39, 0.29) is 16.6 Å². The van der Waals surface area contributed by atoms with Crippen LogP contribution in [-0.4, -0.2) is 53.9 Å². The smallest absolute Gasteiger partial charge is 0.257 e. The van der Waals surface area contributed by atoms with Crippen molar-refractivity contribution in [1.29, 1.82) is 0 Å². The van der Waals surface area contributed by atoms with E-state index in [1.54, 1.807) is 4.90 Å². The lowest BCUT2D eigenvalue weighted by molar-refractivity contribution is 0.0762. The van der Waals surface area contributed by atoms with Gasteiger partial charge in [0.2, 0.25) is 0 Å². The first-order valence-corrected chi connectivity index (χ1v) is 6.24. The van der Waals surface area contributed by atoms with E-state index in [0.29, 0.717) is 13.1 Å². The maximum absolute atomic E-state index is 13.1. The molecule has 98 valence electrons. The minimum absolute atomic E-state index is 0.0546. The number of carbonyl (C=O) groups excluding carboxylic acids is 1. The van der Waals surface area contributed by atoms with E-state index in [1.165, 1.54) is 0 Å². The predicted molar refractivity (Wildman–Crippen MR) is 67.2 cm³/mol. The lowest BCUT2D eigenvalue weighted by Crippen LogP contribution is -2.34. The van der Waals surface area contributed by atoms with Crippen molar-refractivity contribution in [1.82, 2.24) is 14.8 Å². The van der Waals surface area contributed by atoms with Crippen molar-refractivity contribution in [2.24, 2.45) is 0 Å². The summed E-state index contributed by atoms with van der Waals surface area (Å²) in [5.74, 6) is -0.794. The van der Waals surface area contributed by atoms with E-state index in [4.69, 9.17) is 11.6 Å². The van der Waals surface area contributed by atoms with Crippen LogP contribution in [0.15, 0.2) is 12.3 Å². The number of nitrogens with zero attached hydrogens (tertiary/aromatic N) is 3. The fourth-order valence-electron chi connectivity index (χ4n) is 1.99. The molecule has 0 radical (unpaired) electrons. The SMILES string of the molecule is CN1CCCN(C(=O)c2cc(F)cnc2Cl)CC1. The first-order chi connectivity index (χ1) is 8.58. The average molecular weight is 272 g/mol. The molecule has 0 saturated carbocycles. The Labute approximate surface area is 110 Å². The van der Waals surface area contributed by atoms with Gasteiger partial charge in [0.1, 0.15) is 11.0 Å². The second kappa shape index (κ2) is 5.63. The van der Waals surface area contributed by atoms with Crippen LogP contribution in [0.25, 0.3) is 0 Å². The van der Waals surface area contributed by atoms with Crippen molar-refractivity contribution in [3.05, 3.63) is 28.8 Å². The Kier molecular flexibility index (Phi) is 4.14. The molecule has 6 heteroatoms. The minimum atomic E-state index is -0.547. The summed E-state index contributed by atoms with van der Waals surface area (Å²) >= 11 is 5.84. The highest BCUT2D eigenvalue weighted by atomic mass is 35.5. The summed E-state index contributed by atoms with van der Waals surface area (Å²) < 4.78 is 13.1. The van der Waals surface area contributed by atoms with Gasteiger partial charge in [0, 0.05) is 19.6 Å². The highest BCUT2D eigenvalue weighted by Gasteiger charge is 2.21. The number of hydrogen-bond donors (Lipinski definition) is 0. The highest BCUT2D eigenvalue weighted by molar-refractivity contribution is 6.32. The molecule has 18 heavy (non-hydrogen) atoms. The quantitative estimate of drug-likeness (QED) is 0.729. The molecule has 1 aliphatic heterocycles. The fraction of sp³-hybridized carbons (Fsp3) is 0.500. The van der Waals surface area contributed by atoms with Crippen molar-refractivity contribution in [3.63, 3.8) is 0 Å². The molecule has 1 saturated heterocycles. The maximum Gasteiger partial charge on any atom is 0.257 e. The Morgan fingerprint density at radius 3 is 2.94 bits per heavy atom. The van der Waals surface area contributed by atoms with Crippen molar-refractivity contribution in [2.45, 2.75) is 6.42 Å². The van der Waals surface area contributed by atoms with E-state index in [1.807, 2.05) is 7.05 Å². The van der Waals surface area contributed by atoms with Crippen molar-refractivity contribution in [3.8, 4) is 0 Å². The number of pyridine rings is 1. The number of aromatic nitrogens is 1. The molecule has 0 spiro atoms. The van der Waals surface area contributed by atoms with Crippen LogP contribution in [0.3, 0.4) is 0 Å². The van der Waals surface area contributed by atoms with Crippen LogP contribution >= 0.6 is 11.6 Å². The van der Waals surface area contributed by atoms with Crippen LogP contribution in [0.5, 0.6) is 0 Å². The Bertz CT molecular complexity index is 455. The zero-order valence-corrected chi connectivity index (χ0v) is 11.0. The van der Waals surface area contributed by atoms with Gasteiger partial charge in [-0.05, 0) is 26.1 Å². The fourth-order valence-corrected chi connectivity index (χ4v) is 2.18. The molecule has 1 aromatic heterocycles. The molecule has 0 bridgehead atoms. The summed E-state index contributed by atoms with van der Waals surface area (Å²) in [6.45, 7) is 3.06. The summed E-state index contributed by atoms with van der Waals surface area (Å²) in [6.07, 6.45) is 1.91. The largest absolute Gasteiger partial charge is 0.337 e. The van der Waals surface area contributed by atoms with Crippen LogP contribution in [-0.2, 0) is 0 Å². The summed E-state index contributed by atoms with van der Waals surface area (Å²) in [5, 5.41) is 0.0546. The van der Waals surface area contributed by atoms with Gasteiger partial charge in [-0.1, -0.05) is 11.6 Å². The normalized spacial score (nSPS) is 17.6. The molecule has 0 aromatic carbocycles. The standard InChI is InChI=1S/C12H15ClFN3O/c1-16-3-2-4-17(6-5-16)12(18)10-7-9(14)8-15-11(10)13/h7-8H,2-6H2,1H3. The molecule has 2 heterocycles. The van der Waals surface area contributed by atoms with Crippen LogP contribution < -0.4 is 0 Å². The summed E-state index contributed by atoms with van der Waals surface area (Å²) in [5.41, 5.74) is 0.140. The lowest BCUT2D eigenvalue weighted by Gasteiger charge is -2.20. The number of halogens is 2. The van der Waals surface area contributed by atoms with Gasteiger partial charge in [-0.15, -0.1) is 0 Å². The van der Waals surface area contributed by atoms with E-state index < -0.39 is 5.82 Å². The molecule has 0 aliphatic carbocycles. The maximum atomic E-state index is 13.1. The van der Waals surface area contributed by atoms with Crippen molar-refractivity contribution < 1.29 is 9.18 Å². The first kappa shape index (κ1) is 13.2. The zero-order chi connectivity index (χ0) is 13.1. The van der Waals surface area contributed by atoms with Gasteiger partial charge >= 0.3 is 0 Å². The van der Waals surface area contributed by atoms with Gasteiger partial charge in [0.05, 0.1) is 11.8 Å². The highest BCUT2D eigenvalue weighted by Crippen LogP contribution is 2.17. The minimum Gasteiger partial charge on any atom is -0.337 e. The van der Waals surface area contributed by atoms with Gasteiger partial charge in [-0.2, -0.15) is 0 Å².